The van der Waals surface area contributed by atoms with E-state index in [1.165, 1.54) is 5.56 Å². The Bertz CT molecular complexity index is 395. The molecule has 114 valence electrons. The van der Waals surface area contributed by atoms with Gasteiger partial charge in [-0.2, -0.15) is 0 Å². The van der Waals surface area contributed by atoms with Crippen molar-refractivity contribution in [2.45, 2.75) is 39.5 Å². The highest BCUT2D eigenvalue weighted by molar-refractivity contribution is 5.38. The first kappa shape index (κ1) is 17.0. The number of nitrogens with one attached hydrogen (secondary N) is 1. The van der Waals surface area contributed by atoms with Crippen LogP contribution in [0.3, 0.4) is 0 Å². The van der Waals surface area contributed by atoms with Gasteiger partial charge < -0.3 is 19.5 Å². The van der Waals surface area contributed by atoms with Crippen LogP contribution in [0, 0.1) is 0 Å². The van der Waals surface area contributed by atoms with Crippen molar-refractivity contribution in [1.29, 1.82) is 0 Å². The van der Waals surface area contributed by atoms with Gasteiger partial charge >= 0.3 is 0 Å². The lowest BCUT2D eigenvalue weighted by Gasteiger charge is -2.17. The molecular weight excluding hydrogens is 254 g/mol. The smallest absolute Gasteiger partial charge is 0.124 e. The Morgan fingerprint density at radius 1 is 1.25 bits per heavy atom. The van der Waals surface area contributed by atoms with Gasteiger partial charge in [-0.1, -0.05) is 6.07 Å². The minimum atomic E-state index is 0.0741. The lowest BCUT2D eigenvalue weighted by atomic mass is 10.0. The van der Waals surface area contributed by atoms with Gasteiger partial charge in [0.15, 0.2) is 0 Å². The zero-order chi connectivity index (χ0) is 15.0. The number of ether oxygens (including phenoxy) is 3. The molecule has 0 bridgehead atoms. The van der Waals surface area contributed by atoms with Crippen LogP contribution in [-0.4, -0.2) is 33.5 Å². The van der Waals surface area contributed by atoms with E-state index in [1.54, 1.807) is 7.11 Å². The number of hydrogen-bond donors (Lipinski definition) is 1. The normalized spacial score (nSPS) is 14.1. The van der Waals surface area contributed by atoms with Crippen LogP contribution in [-0.2, 0) is 16.1 Å². The van der Waals surface area contributed by atoms with Gasteiger partial charge in [0.25, 0.3) is 0 Å². The standard InChI is InChI=1S/C16H27NO3/c1-6-19-10-12(2)20-11-15-9-14(13(3)17-4)7-8-16(15)18-5/h7-9,12-13,17H,6,10-11H2,1-5H3. The van der Waals surface area contributed by atoms with Crippen LogP contribution in [0.2, 0.25) is 0 Å². The lowest BCUT2D eigenvalue weighted by molar-refractivity contribution is -0.0122. The second kappa shape index (κ2) is 8.95. The number of hydrogen-bond acceptors (Lipinski definition) is 4. The summed E-state index contributed by atoms with van der Waals surface area (Å²) in [5.41, 5.74) is 2.29. The van der Waals surface area contributed by atoms with Crippen molar-refractivity contribution in [1.82, 2.24) is 5.32 Å². The predicted octanol–water partition coefficient (Wildman–Crippen LogP) is 2.92. The topological polar surface area (TPSA) is 39.7 Å². The Kier molecular flexibility index (Phi) is 7.59. The van der Waals surface area contributed by atoms with E-state index in [-0.39, 0.29) is 6.10 Å². The van der Waals surface area contributed by atoms with E-state index in [0.717, 1.165) is 11.3 Å². The van der Waals surface area contributed by atoms with Crippen molar-refractivity contribution in [3.63, 3.8) is 0 Å². The van der Waals surface area contributed by atoms with Gasteiger partial charge in [-0.3, -0.25) is 0 Å². The van der Waals surface area contributed by atoms with Crippen LogP contribution >= 0.6 is 0 Å². The molecule has 0 spiro atoms. The van der Waals surface area contributed by atoms with Gasteiger partial charge in [0.2, 0.25) is 0 Å². The summed E-state index contributed by atoms with van der Waals surface area (Å²) in [6, 6.07) is 6.51. The van der Waals surface area contributed by atoms with E-state index in [2.05, 4.69) is 24.4 Å². The van der Waals surface area contributed by atoms with Crippen molar-refractivity contribution >= 4 is 0 Å². The van der Waals surface area contributed by atoms with Crippen LogP contribution in [0.4, 0.5) is 0 Å². The van der Waals surface area contributed by atoms with Gasteiger partial charge in [-0.15, -0.1) is 0 Å². The summed E-state index contributed by atoms with van der Waals surface area (Å²) in [5, 5.41) is 3.24. The van der Waals surface area contributed by atoms with Gasteiger partial charge in [0, 0.05) is 18.2 Å². The van der Waals surface area contributed by atoms with Gasteiger partial charge in [0.1, 0.15) is 5.75 Å². The summed E-state index contributed by atoms with van der Waals surface area (Å²) in [6.45, 7) is 7.99. The first-order valence-electron chi connectivity index (χ1n) is 7.15. The lowest BCUT2D eigenvalue weighted by Crippen LogP contribution is -2.16. The molecule has 2 atom stereocenters. The molecule has 4 heteroatoms. The molecular formula is C16H27NO3. The zero-order valence-electron chi connectivity index (χ0n) is 13.2. The maximum absolute atomic E-state index is 5.82. The van der Waals surface area contributed by atoms with Crippen LogP contribution in [0.1, 0.15) is 37.9 Å². The van der Waals surface area contributed by atoms with Crippen LogP contribution in [0.15, 0.2) is 18.2 Å². The molecule has 2 unspecified atom stereocenters. The van der Waals surface area contributed by atoms with Crippen molar-refractivity contribution in [3.05, 3.63) is 29.3 Å². The molecule has 1 rings (SSSR count). The summed E-state index contributed by atoms with van der Waals surface area (Å²) < 4.78 is 16.6. The molecule has 0 aromatic heterocycles. The quantitative estimate of drug-likeness (QED) is 0.755. The Morgan fingerprint density at radius 2 is 2.00 bits per heavy atom. The Balaban J connectivity index is 2.70. The molecule has 1 aromatic rings. The fourth-order valence-corrected chi connectivity index (χ4v) is 1.91. The van der Waals surface area contributed by atoms with Gasteiger partial charge in [0.05, 0.1) is 26.4 Å². The number of rotatable bonds is 9. The Hall–Kier alpha value is -1.10. The Morgan fingerprint density at radius 3 is 2.60 bits per heavy atom. The SMILES string of the molecule is CCOCC(C)OCc1cc(C(C)NC)ccc1OC. The van der Waals surface area contributed by atoms with Crippen molar-refractivity contribution < 1.29 is 14.2 Å². The fourth-order valence-electron chi connectivity index (χ4n) is 1.91. The van der Waals surface area contributed by atoms with Crippen LogP contribution < -0.4 is 10.1 Å². The highest BCUT2D eigenvalue weighted by Crippen LogP contribution is 2.24. The van der Waals surface area contributed by atoms with E-state index >= 15 is 0 Å². The van der Waals surface area contributed by atoms with E-state index in [0.29, 0.717) is 25.9 Å². The minimum Gasteiger partial charge on any atom is -0.496 e. The number of benzene rings is 1. The van der Waals surface area contributed by atoms with E-state index in [1.807, 2.05) is 27.0 Å². The van der Waals surface area contributed by atoms with Crippen molar-refractivity contribution in [2.24, 2.45) is 0 Å². The molecule has 0 amide bonds. The van der Waals surface area contributed by atoms with Crippen LogP contribution in [0.25, 0.3) is 0 Å². The third-order valence-corrected chi connectivity index (χ3v) is 3.32. The minimum absolute atomic E-state index is 0.0741. The maximum Gasteiger partial charge on any atom is 0.124 e. The molecule has 0 aliphatic carbocycles. The first-order valence-corrected chi connectivity index (χ1v) is 7.15. The monoisotopic (exact) mass is 281 g/mol. The highest BCUT2D eigenvalue weighted by Gasteiger charge is 2.10. The molecule has 0 aliphatic heterocycles. The maximum atomic E-state index is 5.82. The van der Waals surface area contributed by atoms with Crippen LogP contribution in [0.5, 0.6) is 5.75 Å². The molecule has 0 saturated heterocycles. The second-order valence-corrected chi connectivity index (χ2v) is 4.86. The van der Waals surface area contributed by atoms with E-state index in [4.69, 9.17) is 14.2 Å². The predicted molar refractivity (Wildman–Crippen MR) is 81.2 cm³/mol. The fraction of sp³-hybridized carbons (Fsp3) is 0.625. The first-order chi connectivity index (χ1) is 9.62. The largest absolute Gasteiger partial charge is 0.496 e. The average molecular weight is 281 g/mol. The molecule has 0 fully saturated rings. The molecule has 0 saturated carbocycles. The average Bonchev–Trinajstić information content (AvgIpc) is 2.49. The number of methoxy groups -OCH3 is 1. The zero-order valence-corrected chi connectivity index (χ0v) is 13.2. The molecule has 1 aromatic carbocycles. The molecule has 20 heavy (non-hydrogen) atoms. The summed E-state index contributed by atoms with van der Waals surface area (Å²) in [7, 11) is 3.64. The van der Waals surface area contributed by atoms with Crippen molar-refractivity contribution in [3.8, 4) is 5.75 Å². The third-order valence-electron chi connectivity index (χ3n) is 3.32. The molecule has 0 radical (unpaired) electrons. The summed E-state index contributed by atoms with van der Waals surface area (Å²) in [4.78, 5) is 0. The summed E-state index contributed by atoms with van der Waals surface area (Å²) >= 11 is 0. The van der Waals surface area contributed by atoms with Gasteiger partial charge in [-0.05, 0) is 45.5 Å². The van der Waals surface area contributed by atoms with E-state index in [9.17, 15) is 0 Å². The third kappa shape index (κ3) is 5.12. The summed E-state index contributed by atoms with van der Waals surface area (Å²) in [6.07, 6.45) is 0.0741. The second-order valence-electron chi connectivity index (χ2n) is 4.86. The molecule has 0 heterocycles. The molecule has 4 nitrogen and oxygen atoms in total. The summed E-state index contributed by atoms with van der Waals surface area (Å²) in [5.74, 6) is 0.862. The Labute approximate surface area is 122 Å². The van der Waals surface area contributed by atoms with E-state index < -0.39 is 0 Å². The molecule has 0 aliphatic rings. The highest BCUT2D eigenvalue weighted by atomic mass is 16.5. The van der Waals surface area contributed by atoms with Gasteiger partial charge in [-0.25, -0.2) is 0 Å². The van der Waals surface area contributed by atoms with Crippen molar-refractivity contribution in [2.75, 3.05) is 27.4 Å². The molecule has 1 N–H and O–H groups in total.